The molecule has 1 aromatic carbocycles. The molecule has 0 saturated heterocycles. The number of hydrogen-bond donors (Lipinski definition) is 1. The van der Waals surface area contributed by atoms with E-state index in [9.17, 15) is 4.79 Å². The van der Waals surface area contributed by atoms with Gasteiger partial charge < -0.3 is 10.2 Å². The molecule has 0 spiro atoms. The highest BCUT2D eigenvalue weighted by atomic mass is 16.3. The Morgan fingerprint density at radius 3 is 2.78 bits per heavy atom. The summed E-state index contributed by atoms with van der Waals surface area (Å²) in [4.78, 5) is 12.3. The van der Waals surface area contributed by atoms with Crippen molar-refractivity contribution in [2.75, 3.05) is 0 Å². The van der Waals surface area contributed by atoms with E-state index in [1.54, 1.807) is 13.0 Å². The molecule has 2 aromatic rings. The van der Waals surface area contributed by atoms with E-state index in [-0.39, 0.29) is 5.78 Å². The van der Waals surface area contributed by atoms with Crippen LogP contribution in [0.2, 0.25) is 0 Å². The van der Waals surface area contributed by atoms with Gasteiger partial charge in [-0.3, -0.25) is 4.79 Å². The summed E-state index contributed by atoms with van der Waals surface area (Å²) in [5.41, 5.74) is 7.00. The van der Waals surface area contributed by atoms with E-state index in [0.717, 1.165) is 23.0 Å². The first-order valence-electron chi connectivity index (χ1n) is 6.28. The van der Waals surface area contributed by atoms with Gasteiger partial charge in [-0.15, -0.1) is 0 Å². The van der Waals surface area contributed by atoms with E-state index in [0.29, 0.717) is 12.2 Å². The highest BCUT2D eigenvalue weighted by Gasteiger charge is 2.30. The predicted molar refractivity (Wildman–Crippen MR) is 72.8 cm³/mol. The highest BCUT2D eigenvalue weighted by molar-refractivity contribution is 6.03. The third-order valence-electron chi connectivity index (χ3n) is 3.25. The van der Waals surface area contributed by atoms with Crippen molar-refractivity contribution in [3.8, 4) is 0 Å². The number of Topliss-reactive ketones (excluding diaryl/α,β-unsaturated/α-hetero) is 1. The Morgan fingerprint density at radius 2 is 2.17 bits per heavy atom. The maximum Gasteiger partial charge on any atom is 0.217 e. The summed E-state index contributed by atoms with van der Waals surface area (Å²) in [6.45, 7) is 5.74. The Kier molecular flexibility index (Phi) is 3.26. The average Bonchev–Trinajstić information content (AvgIpc) is 2.73. The van der Waals surface area contributed by atoms with Gasteiger partial charge >= 0.3 is 0 Å². The normalized spacial score (nSPS) is 14.7. The second-order valence-corrected chi connectivity index (χ2v) is 5.10. The fourth-order valence-corrected chi connectivity index (χ4v) is 2.24. The Labute approximate surface area is 107 Å². The van der Waals surface area contributed by atoms with Gasteiger partial charge in [-0.05, 0) is 31.9 Å². The van der Waals surface area contributed by atoms with E-state index >= 15 is 0 Å². The Balaban J connectivity index is 2.43. The van der Waals surface area contributed by atoms with Gasteiger partial charge in [0.05, 0.1) is 5.54 Å². The zero-order chi connectivity index (χ0) is 13.3. The van der Waals surface area contributed by atoms with Crippen LogP contribution in [0.3, 0.4) is 0 Å². The summed E-state index contributed by atoms with van der Waals surface area (Å²) in [6, 6.07) is 7.64. The van der Waals surface area contributed by atoms with Crippen LogP contribution in [-0.4, -0.2) is 11.3 Å². The minimum absolute atomic E-state index is 0.125. The molecule has 1 atom stereocenters. The number of aryl methyl sites for hydroxylation is 1. The molecular weight excluding hydrogens is 226 g/mol. The third kappa shape index (κ3) is 2.18. The second kappa shape index (κ2) is 4.58. The summed E-state index contributed by atoms with van der Waals surface area (Å²) < 4.78 is 5.66. The molecule has 1 heterocycles. The standard InChI is InChI=1S/C15H19NO2/c1-4-8-15(3,16)14(17)12-9-11-7-5-6-10(2)13(11)18-12/h5-7,9H,4,8,16H2,1-3H3. The fourth-order valence-electron chi connectivity index (χ4n) is 2.24. The van der Waals surface area contributed by atoms with Crippen LogP contribution in [0, 0.1) is 6.92 Å². The number of hydrogen-bond acceptors (Lipinski definition) is 3. The number of rotatable bonds is 4. The molecule has 96 valence electrons. The van der Waals surface area contributed by atoms with Crippen molar-refractivity contribution in [1.29, 1.82) is 0 Å². The van der Waals surface area contributed by atoms with Gasteiger partial charge in [-0.1, -0.05) is 31.5 Å². The van der Waals surface area contributed by atoms with Crippen molar-refractivity contribution in [3.05, 3.63) is 35.6 Å². The van der Waals surface area contributed by atoms with Gasteiger partial charge in [0, 0.05) is 5.39 Å². The number of carbonyl (C=O) groups is 1. The average molecular weight is 245 g/mol. The molecule has 3 nitrogen and oxygen atoms in total. The lowest BCUT2D eigenvalue weighted by molar-refractivity contribution is 0.0866. The summed E-state index contributed by atoms with van der Waals surface area (Å²) in [6.07, 6.45) is 1.53. The van der Waals surface area contributed by atoms with E-state index in [1.165, 1.54) is 0 Å². The molecular formula is C15H19NO2. The minimum Gasteiger partial charge on any atom is -0.453 e. The molecule has 2 rings (SSSR count). The molecule has 3 heteroatoms. The molecule has 2 N–H and O–H groups in total. The van der Waals surface area contributed by atoms with Gasteiger partial charge in [-0.2, -0.15) is 0 Å². The van der Waals surface area contributed by atoms with Crippen LogP contribution >= 0.6 is 0 Å². The van der Waals surface area contributed by atoms with Crippen molar-refractivity contribution in [2.24, 2.45) is 5.73 Å². The zero-order valence-electron chi connectivity index (χ0n) is 11.1. The van der Waals surface area contributed by atoms with E-state index in [2.05, 4.69) is 0 Å². The number of furan rings is 1. The van der Waals surface area contributed by atoms with E-state index in [1.807, 2.05) is 32.0 Å². The molecule has 1 aromatic heterocycles. The summed E-state index contributed by atoms with van der Waals surface area (Å²) in [5, 5.41) is 0.950. The molecule has 0 aliphatic heterocycles. The summed E-state index contributed by atoms with van der Waals surface area (Å²) in [5.74, 6) is 0.234. The lowest BCUT2D eigenvalue weighted by atomic mass is 9.91. The molecule has 0 fully saturated rings. The lowest BCUT2D eigenvalue weighted by Gasteiger charge is -2.20. The van der Waals surface area contributed by atoms with Crippen LogP contribution in [0.5, 0.6) is 0 Å². The largest absolute Gasteiger partial charge is 0.453 e. The SMILES string of the molecule is CCCC(C)(N)C(=O)c1cc2cccc(C)c2o1. The molecule has 0 aliphatic rings. The van der Waals surface area contributed by atoms with Crippen molar-refractivity contribution in [2.45, 2.75) is 39.2 Å². The van der Waals surface area contributed by atoms with Crippen LogP contribution in [0.25, 0.3) is 11.0 Å². The van der Waals surface area contributed by atoms with Gasteiger partial charge in [0.15, 0.2) is 5.76 Å². The molecule has 0 aliphatic carbocycles. The monoisotopic (exact) mass is 245 g/mol. The topological polar surface area (TPSA) is 56.2 Å². The van der Waals surface area contributed by atoms with Gasteiger partial charge in [0.2, 0.25) is 5.78 Å². The van der Waals surface area contributed by atoms with Crippen LogP contribution in [0.4, 0.5) is 0 Å². The Bertz CT molecular complexity index is 581. The first-order chi connectivity index (χ1) is 8.45. The number of para-hydroxylation sites is 1. The van der Waals surface area contributed by atoms with Crippen molar-refractivity contribution in [3.63, 3.8) is 0 Å². The first kappa shape index (κ1) is 12.8. The van der Waals surface area contributed by atoms with Crippen molar-refractivity contribution in [1.82, 2.24) is 0 Å². The van der Waals surface area contributed by atoms with Crippen molar-refractivity contribution < 1.29 is 9.21 Å². The smallest absolute Gasteiger partial charge is 0.217 e. The maximum atomic E-state index is 12.3. The third-order valence-corrected chi connectivity index (χ3v) is 3.25. The quantitative estimate of drug-likeness (QED) is 0.839. The van der Waals surface area contributed by atoms with Gasteiger partial charge in [0.25, 0.3) is 0 Å². The predicted octanol–water partition coefficient (Wildman–Crippen LogP) is 3.44. The molecule has 18 heavy (non-hydrogen) atoms. The van der Waals surface area contributed by atoms with Crippen LogP contribution in [-0.2, 0) is 0 Å². The van der Waals surface area contributed by atoms with Gasteiger partial charge in [0.1, 0.15) is 5.58 Å². The van der Waals surface area contributed by atoms with Gasteiger partial charge in [-0.25, -0.2) is 0 Å². The summed E-state index contributed by atoms with van der Waals surface area (Å²) in [7, 11) is 0. The number of ketones is 1. The molecule has 0 radical (unpaired) electrons. The van der Waals surface area contributed by atoms with Crippen LogP contribution < -0.4 is 5.73 Å². The first-order valence-corrected chi connectivity index (χ1v) is 6.28. The fraction of sp³-hybridized carbons (Fsp3) is 0.400. The summed E-state index contributed by atoms with van der Waals surface area (Å²) >= 11 is 0. The Morgan fingerprint density at radius 1 is 1.44 bits per heavy atom. The number of fused-ring (bicyclic) bond motifs is 1. The second-order valence-electron chi connectivity index (χ2n) is 5.10. The molecule has 0 bridgehead atoms. The Hall–Kier alpha value is -1.61. The van der Waals surface area contributed by atoms with Crippen molar-refractivity contribution >= 4 is 16.8 Å². The molecule has 0 saturated carbocycles. The molecule has 1 unspecified atom stereocenters. The zero-order valence-corrected chi connectivity index (χ0v) is 11.1. The minimum atomic E-state index is -0.851. The lowest BCUT2D eigenvalue weighted by Crippen LogP contribution is -2.44. The highest BCUT2D eigenvalue weighted by Crippen LogP contribution is 2.25. The van der Waals surface area contributed by atoms with Crippen LogP contribution in [0.1, 0.15) is 42.8 Å². The number of benzene rings is 1. The van der Waals surface area contributed by atoms with E-state index in [4.69, 9.17) is 10.2 Å². The van der Waals surface area contributed by atoms with Crippen LogP contribution in [0.15, 0.2) is 28.7 Å². The molecule has 0 amide bonds. The maximum absolute atomic E-state index is 12.3. The number of nitrogens with two attached hydrogens (primary N) is 1. The van der Waals surface area contributed by atoms with E-state index < -0.39 is 5.54 Å². The number of carbonyl (C=O) groups excluding carboxylic acids is 1.